The van der Waals surface area contributed by atoms with Gasteiger partial charge in [0.1, 0.15) is 11.8 Å². The van der Waals surface area contributed by atoms with Crippen molar-refractivity contribution in [3.8, 4) is 0 Å². The SMILES string of the molecule is S=[P+]1CCCCCCCC1C1CCCCCCCC1. The van der Waals surface area contributed by atoms with Gasteiger partial charge in [-0.05, 0) is 38.5 Å². The molecule has 2 heteroatoms. The highest BCUT2D eigenvalue weighted by Crippen LogP contribution is 2.43. The maximum absolute atomic E-state index is 5.98. The minimum Gasteiger partial charge on any atom is -0.0533 e. The Balaban J connectivity index is 1.94. The van der Waals surface area contributed by atoms with Crippen molar-refractivity contribution < 1.29 is 0 Å². The van der Waals surface area contributed by atoms with Crippen LogP contribution < -0.4 is 0 Å². The molecule has 1 saturated carbocycles. The van der Waals surface area contributed by atoms with E-state index < -0.39 is 0 Å². The second-order valence-electron chi connectivity index (χ2n) is 6.72. The molecule has 0 bridgehead atoms. The average Bonchev–Trinajstić information content (AvgIpc) is 2.60. The van der Waals surface area contributed by atoms with Gasteiger partial charge in [-0.25, -0.2) is 0 Å². The third-order valence-electron chi connectivity index (χ3n) is 5.19. The molecule has 0 radical (unpaired) electrons. The van der Waals surface area contributed by atoms with Crippen molar-refractivity contribution in [1.82, 2.24) is 0 Å². The molecule has 2 atom stereocenters. The van der Waals surface area contributed by atoms with E-state index in [9.17, 15) is 0 Å². The first-order valence-corrected chi connectivity index (χ1v) is 11.4. The molecule has 2 fully saturated rings. The van der Waals surface area contributed by atoms with Crippen molar-refractivity contribution >= 4 is 18.5 Å². The molecule has 1 aliphatic heterocycles. The Morgan fingerprint density at radius 2 is 1.05 bits per heavy atom. The lowest BCUT2D eigenvalue weighted by molar-refractivity contribution is 0.392. The van der Waals surface area contributed by atoms with Crippen molar-refractivity contribution in [2.45, 2.75) is 95.6 Å². The highest BCUT2D eigenvalue weighted by atomic mass is 32.4. The Kier molecular flexibility index (Phi) is 7.91. The van der Waals surface area contributed by atoms with Gasteiger partial charge in [0, 0.05) is 5.92 Å². The van der Waals surface area contributed by atoms with Crippen LogP contribution in [0, 0.1) is 5.92 Å². The molecule has 110 valence electrons. The smallest absolute Gasteiger partial charge is 0.0533 e. The van der Waals surface area contributed by atoms with Crippen LogP contribution in [-0.2, 0) is 11.8 Å². The first-order valence-electron chi connectivity index (χ1n) is 8.82. The van der Waals surface area contributed by atoms with E-state index in [1.165, 1.54) is 96.1 Å². The van der Waals surface area contributed by atoms with Gasteiger partial charge in [-0.1, -0.05) is 51.4 Å². The van der Waals surface area contributed by atoms with Crippen LogP contribution in [0.25, 0.3) is 0 Å². The van der Waals surface area contributed by atoms with Gasteiger partial charge in [-0.3, -0.25) is 0 Å². The third-order valence-corrected chi connectivity index (χ3v) is 8.73. The molecule has 1 aliphatic carbocycles. The normalized spacial score (nSPS) is 31.4. The van der Waals surface area contributed by atoms with Crippen molar-refractivity contribution in [2.75, 3.05) is 6.16 Å². The molecular formula is C17H32PS+. The van der Waals surface area contributed by atoms with Gasteiger partial charge in [-0.15, -0.1) is 0 Å². The summed E-state index contributed by atoms with van der Waals surface area (Å²) in [7, 11) is 0. The summed E-state index contributed by atoms with van der Waals surface area (Å²) in [6.45, 7) is -0.0845. The van der Waals surface area contributed by atoms with Gasteiger partial charge >= 0.3 is 0 Å². The molecule has 1 heterocycles. The van der Waals surface area contributed by atoms with Crippen molar-refractivity contribution in [2.24, 2.45) is 5.92 Å². The van der Waals surface area contributed by atoms with Crippen LogP contribution >= 0.6 is 6.70 Å². The first-order chi connectivity index (χ1) is 9.38. The third kappa shape index (κ3) is 5.80. The van der Waals surface area contributed by atoms with E-state index >= 15 is 0 Å². The highest BCUT2D eigenvalue weighted by molar-refractivity contribution is 8.05. The Labute approximate surface area is 126 Å². The van der Waals surface area contributed by atoms with Crippen LogP contribution in [0.3, 0.4) is 0 Å². The topological polar surface area (TPSA) is 0 Å². The molecule has 0 N–H and O–H groups in total. The van der Waals surface area contributed by atoms with E-state index in [4.69, 9.17) is 11.8 Å². The highest BCUT2D eigenvalue weighted by Gasteiger charge is 2.33. The molecule has 2 rings (SSSR count). The van der Waals surface area contributed by atoms with Crippen LogP contribution in [0.1, 0.15) is 89.9 Å². The Morgan fingerprint density at radius 3 is 1.68 bits per heavy atom. The predicted octanol–water partition coefficient (Wildman–Crippen LogP) is 6.40. The van der Waals surface area contributed by atoms with Gasteiger partial charge in [-0.2, -0.15) is 0 Å². The molecule has 2 aliphatic rings. The van der Waals surface area contributed by atoms with Crippen LogP contribution in [0.15, 0.2) is 0 Å². The summed E-state index contributed by atoms with van der Waals surface area (Å²) in [5.41, 5.74) is 0.946. The van der Waals surface area contributed by atoms with Crippen LogP contribution in [0.4, 0.5) is 0 Å². The molecule has 0 nitrogen and oxygen atoms in total. The average molecular weight is 299 g/mol. The lowest BCUT2D eigenvalue weighted by Crippen LogP contribution is -2.18. The molecule has 0 amide bonds. The monoisotopic (exact) mass is 299 g/mol. The molecule has 0 aromatic rings. The van der Waals surface area contributed by atoms with Gasteiger partial charge < -0.3 is 0 Å². The van der Waals surface area contributed by atoms with E-state index in [2.05, 4.69) is 0 Å². The van der Waals surface area contributed by atoms with E-state index in [0.29, 0.717) is 0 Å². The summed E-state index contributed by atoms with van der Waals surface area (Å²) in [5.74, 6) is 1.000. The zero-order chi connectivity index (χ0) is 13.3. The molecule has 19 heavy (non-hydrogen) atoms. The fourth-order valence-electron chi connectivity index (χ4n) is 3.98. The lowest BCUT2D eigenvalue weighted by Gasteiger charge is -2.21. The Hall–Kier alpha value is 0.520. The second-order valence-corrected chi connectivity index (χ2v) is 10.1. The fourth-order valence-corrected chi connectivity index (χ4v) is 7.31. The zero-order valence-electron chi connectivity index (χ0n) is 12.6. The Bertz CT molecular complexity index is 254. The predicted molar refractivity (Wildman–Crippen MR) is 91.1 cm³/mol. The number of hydrogen-bond donors (Lipinski definition) is 0. The van der Waals surface area contributed by atoms with E-state index in [1.807, 2.05) is 0 Å². The van der Waals surface area contributed by atoms with Gasteiger partial charge in [0.25, 0.3) is 0 Å². The lowest BCUT2D eigenvalue weighted by atomic mass is 9.90. The molecule has 1 saturated heterocycles. The Morgan fingerprint density at radius 1 is 0.579 bits per heavy atom. The van der Waals surface area contributed by atoms with Gasteiger partial charge in [0.05, 0.1) is 0 Å². The van der Waals surface area contributed by atoms with Crippen LogP contribution in [0.5, 0.6) is 0 Å². The molecule has 0 aromatic heterocycles. The second kappa shape index (κ2) is 9.46. The minimum absolute atomic E-state index is 0.0845. The van der Waals surface area contributed by atoms with Gasteiger partial charge in [0.2, 0.25) is 0 Å². The largest absolute Gasteiger partial charge is 0.178 e. The number of hydrogen-bond acceptors (Lipinski definition) is 1. The fraction of sp³-hybridized carbons (Fsp3) is 1.00. The summed E-state index contributed by atoms with van der Waals surface area (Å²) in [6, 6.07) is 0. The van der Waals surface area contributed by atoms with E-state index in [-0.39, 0.29) is 6.70 Å². The summed E-state index contributed by atoms with van der Waals surface area (Å²) in [4.78, 5) is 0. The summed E-state index contributed by atoms with van der Waals surface area (Å²) in [6.07, 6.45) is 22.1. The maximum atomic E-state index is 5.98. The van der Waals surface area contributed by atoms with Crippen molar-refractivity contribution in [3.63, 3.8) is 0 Å². The van der Waals surface area contributed by atoms with Crippen molar-refractivity contribution in [3.05, 3.63) is 0 Å². The molecular weight excluding hydrogens is 267 g/mol. The number of rotatable bonds is 1. The maximum Gasteiger partial charge on any atom is 0.178 e. The van der Waals surface area contributed by atoms with E-state index in [1.54, 1.807) is 0 Å². The summed E-state index contributed by atoms with van der Waals surface area (Å²) in [5, 5.41) is 0. The molecule has 0 spiro atoms. The first kappa shape index (κ1) is 15.9. The quantitative estimate of drug-likeness (QED) is 0.504. The van der Waals surface area contributed by atoms with Gasteiger partial charge in [0.15, 0.2) is 18.5 Å². The zero-order valence-corrected chi connectivity index (χ0v) is 14.3. The summed E-state index contributed by atoms with van der Waals surface area (Å²) >= 11 is 5.98. The van der Waals surface area contributed by atoms with E-state index in [0.717, 1.165) is 11.6 Å². The van der Waals surface area contributed by atoms with Crippen LogP contribution in [-0.4, -0.2) is 11.8 Å². The molecule has 2 unspecified atom stereocenters. The van der Waals surface area contributed by atoms with Crippen molar-refractivity contribution in [1.29, 1.82) is 0 Å². The molecule has 0 aromatic carbocycles. The summed E-state index contributed by atoms with van der Waals surface area (Å²) < 4.78 is 0. The minimum atomic E-state index is -0.0845. The standard InChI is InChI=1S/C17H32PS/c19-18-15-11-7-3-6-10-14-17(18)16-12-8-4-1-2-5-9-13-16/h16-17H,1-15H2/q+1. The van der Waals surface area contributed by atoms with Crippen LogP contribution in [0.2, 0.25) is 0 Å².